The van der Waals surface area contributed by atoms with Crippen LogP contribution in [-0.4, -0.2) is 51.9 Å². The van der Waals surface area contributed by atoms with Crippen molar-refractivity contribution in [3.8, 4) is 0 Å². The molecular formula is C19H33N5O. The minimum atomic E-state index is 0.150. The van der Waals surface area contributed by atoms with Crippen LogP contribution >= 0.6 is 0 Å². The lowest BCUT2D eigenvalue weighted by atomic mass is 9.95. The molecule has 2 heterocycles. The first kappa shape index (κ1) is 18.2. The van der Waals surface area contributed by atoms with Crippen molar-refractivity contribution in [1.29, 1.82) is 0 Å². The molecule has 1 saturated carbocycles. The van der Waals surface area contributed by atoms with Gasteiger partial charge in [0.15, 0.2) is 0 Å². The Morgan fingerprint density at radius 3 is 2.60 bits per heavy atom. The van der Waals surface area contributed by atoms with Crippen LogP contribution in [0.1, 0.15) is 58.3 Å². The molecule has 0 radical (unpaired) electrons. The van der Waals surface area contributed by atoms with Gasteiger partial charge in [0.05, 0.1) is 0 Å². The summed E-state index contributed by atoms with van der Waals surface area (Å²) in [4.78, 5) is 14.4. The number of nitrogens with zero attached hydrogens (tertiary/aromatic N) is 3. The maximum Gasteiger partial charge on any atom is 0.317 e. The normalized spacial score (nSPS) is 21.2. The summed E-state index contributed by atoms with van der Waals surface area (Å²) in [6.45, 7) is 4.92. The van der Waals surface area contributed by atoms with Crippen molar-refractivity contribution in [2.45, 2.75) is 83.0 Å². The first-order valence-corrected chi connectivity index (χ1v) is 9.99. The zero-order valence-electron chi connectivity index (χ0n) is 15.5. The van der Waals surface area contributed by atoms with Crippen LogP contribution in [0, 0.1) is 0 Å². The summed E-state index contributed by atoms with van der Waals surface area (Å²) in [6, 6.07) is 3.51. The number of urea groups is 1. The summed E-state index contributed by atoms with van der Waals surface area (Å²) in [7, 11) is 0. The van der Waals surface area contributed by atoms with E-state index in [1.54, 1.807) is 0 Å². The third-order valence-electron chi connectivity index (χ3n) is 5.59. The SMILES string of the molecule is C[C@H](CCn1cccn1)NC1CCN(C(=O)NC2CCCCC2)CC1. The molecule has 2 aliphatic rings. The number of carbonyl (C=O) groups is 1. The van der Waals surface area contributed by atoms with E-state index in [0.717, 1.165) is 51.7 Å². The van der Waals surface area contributed by atoms with Gasteiger partial charge in [0, 0.05) is 50.2 Å². The Labute approximate surface area is 151 Å². The van der Waals surface area contributed by atoms with Gasteiger partial charge in [0.1, 0.15) is 0 Å². The van der Waals surface area contributed by atoms with Crippen molar-refractivity contribution >= 4 is 6.03 Å². The highest BCUT2D eigenvalue weighted by atomic mass is 16.2. The Bertz CT molecular complexity index is 504. The van der Waals surface area contributed by atoms with Crippen LogP contribution in [0.15, 0.2) is 18.5 Å². The predicted molar refractivity (Wildman–Crippen MR) is 99.4 cm³/mol. The van der Waals surface area contributed by atoms with E-state index < -0.39 is 0 Å². The quantitative estimate of drug-likeness (QED) is 0.832. The predicted octanol–water partition coefficient (Wildman–Crippen LogP) is 2.76. The molecule has 1 atom stereocenters. The minimum absolute atomic E-state index is 0.150. The zero-order valence-corrected chi connectivity index (χ0v) is 15.5. The van der Waals surface area contributed by atoms with Crippen LogP contribution in [0.2, 0.25) is 0 Å². The number of amides is 2. The van der Waals surface area contributed by atoms with E-state index in [4.69, 9.17) is 0 Å². The van der Waals surface area contributed by atoms with E-state index in [0.29, 0.717) is 18.1 Å². The molecule has 1 saturated heterocycles. The molecule has 6 nitrogen and oxygen atoms in total. The van der Waals surface area contributed by atoms with Crippen LogP contribution in [0.4, 0.5) is 4.79 Å². The van der Waals surface area contributed by atoms with Crippen LogP contribution in [-0.2, 0) is 6.54 Å². The van der Waals surface area contributed by atoms with Crippen LogP contribution in [0.5, 0.6) is 0 Å². The van der Waals surface area contributed by atoms with Crippen molar-refractivity contribution in [2.24, 2.45) is 0 Å². The summed E-state index contributed by atoms with van der Waals surface area (Å²) < 4.78 is 1.98. The van der Waals surface area contributed by atoms with Gasteiger partial charge in [-0.15, -0.1) is 0 Å². The smallest absolute Gasteiger partial charge is 0.317 e. The molecule has 0 aromatic carbocycles. The average Bonchev–Trinajstić information content (AvgIpc) is 3.15. The van der Waals surface area contributed by atoms with Gasteiger partial charge in [-0.1, -0.05) is 19.3 Å². The Balaban J connectivity index is 1.32. The number of likely N-dealkylation sites (tertiary alicyclic amines) is 1. The number of hydrogen-bond donors (Lipinski definition) is 2. The van der Waals surface area contributed by atoms with Crippen molar-refractivity contribution < 1.29 is 4.79 Å². The Hall–Kier alpha value is -1.56. The molecule has 1 aromatic rings. The summed E-state index contributed by atoms with van der Waals surface area (Å²) in [6.07, 6.45) is 13.1. The lowest BCUT2D eigenvalue weighted by Gasteiger charge is -2.35. The number of piperidine rings is 1. The highest BCUT2D eigenvalue weighted by Crippen LogP contribution is 2.18. The molecule has 6 heteroatoms. The van der Waals surface area contributed by atoms with Crippen LogP contribution in [0.25, 0.3) is 0 Å². The maximum atomic E-state index is 12.4. The fourth-order valence-corrected chi connectivity index (χ4v) is 4.01. The largest absolute Gasteiger partial charge is 0.335 e. The van der Waals surface area contributed by atoms with Gasteiger partial charge >= 0.3 is 6.03 Å². The fraction of sp³-hybridized carbons (Fsp3) is 0.789. The van der Waals surface area contributed by atoms with E-state index >= 15 is 0 Å². The van der Waals surface area contributed by atoms with E-state index in [-0.39, 0.29) is 6.03 Å². The standard InChI is InChI=1S/C19H33N5O/c1-16(8-15-24-12-5-11-20-24)21-18-9-13-23(14-10-18)19(25)22-17-6-3-2-4-7-17/h5,11-12,16-18,21H,2-4,6-10,13-15H2,1H3,(H,22,25)/t16-/m1/s1. The molecular weight excluding hydrogens is 314 g/mol. The van der Waals surface area contributed by atoms with Crippen molar-refractivity contribution in [3.63, 3.8) is 0 Å². The van der Waals surface area contributed by atoms with Crippen LogP contribution < -0.4 is 10.6 Å². The molecule has 1 aliphatic carbocycles. The summed E-state index contributed by atoms with van der Waals surface area (Å²) in [5.41, 5.74) is 0. The second-order valence-electron chi connectivity index (χ2n) is 7.67. The lowest BCUT2D eigenvalue weighted by molar-refractivity contribution is 0.167. The minimum Gasteiger partial charge on any atom is -0.335 e. The molecule has 2 fully saturated rings. The zero-order chi connectivity index (χ0) is 17.5. The van der Waals surface area contributed by atoms with E-state index in [2.05, 4.69) is 22.7 Å². The molecule has 0 spiro atoms. The molecule has 140 valence electrons. The fourth-order valence-electron chi connectivity index (χ4n) is 4.01. The Kier molecular flexibility index (Phi) is 6.73. The van der Waals surface area contributed by atoms with Gasteiger partial charge in [0.2, 0.25) is 0 Å². The maximum absolute atomic E-state index is 12.4. The molecule has 2 N–H and O–H groups in total. The second-order valence-corrected chi connectivity index (χ2v) is 7.67. The van der Waals surface area contributed by atoms with Crippen molar-refractivity contribution in [2.75, 3.05) is 13.1 Å². The van der Waals surface area contributed by atoms with Gasteiger partial charge in [0.25, 0.3) is 0 Å². The van der Waals surface area contributed by atoms with Crippen LogP contribution in [0.3, 0.4) is 0 Å². The third kappa shape index (κ3) is 5.73. The lowest BCUT2D eigenvalue weighted by Crippen LogP contribution is -2.51. The monoisotopic (exact) mass is 347 g/mol. The third-order valence-corrected chi connectivity index (χ3v) is 5.59. The molecule has 25 heavy (non-hydrogen) atoms. The number of aromatic nitrogens is 2. The van der Waals surface area contributed by atoms with Gasteiger partial charge in [-0.25, -0.2) is 4.79 Å². The molecule has 1 aliphatic heterocycles. The molecule has 0 unspecified atom stereocenters. The average molecular weight is 348 g/mol. The van der Waals surface area contributed by atoms with E-state index in [1.807, 2.05) is 28.0 Å². The topological polar surface area (TPSA) is 62.2 Å². The van der Waals surface area contributed by atoms with Crippen molar-refractivity contribution in [3.05, 3.63) is 18.5 Å². The highest BCUT2D eigenvalue weighted by molar-refractivity contribution is 5.74. The summed E-state index contributed by atoms with van der Waals surface area (Å²) in [5, 5.41) is 11.2. The number of carbonyl (C=O) groups excluding carboxylic acids is 1. The first-order chi connectivity index (χ1) is 12.2. The van der Waals surface area contributed by atoms with Gasteiger partial charge in [-0.05, 0) is 45.1 Å². The summed E-state index contributed by atoms with van der Waals surface area (Å²) >= 11 is 0. The second kappa shape index (κ2) is 9.22. The molecule has 0 bridgehead atoms. The highest BCUT2D eigenvalue weighted by Gasteiger charge is 2.25. The molecule has 3 rings (SSSR count). The van der Waals surface area contributed by atoms with Gasteiger partial charge in [-0.3, -0.25) is 4.68 Å². The number of rotatable bonds is 6. The molecule has 2 amide bonds. The molecule has 1 aromatic heterocycles. The van der Waals surface area contributed by atoms with E-state index in [9.17, 15) is 4.79 Å². The first-order valence-electron chi connectivity index (χ1n) is 9.99. The van der Waals surface area contributed by atoms with Gasteiger partial charge in [-0.2, -0.15) is 5.10 Å². The van der Waals surface area contributed by atoms with Gasteiger partial charge < -0.3 is 15.5 Å². The van der Waals surface area contributed by atoms with Crippen molar-refractivity contribution in [1.82, 2.24) is 25.3 Å². The Morgan fingerprint density at radius 2 is 1.92 bits per heavy atom. The summed E-state index contributed by atoms with van der Waals surface area (Å²) in [5.74, 6) is 0. The Morgan fingerprint density at radius 1 is 1.16 bits per heavy atom. The number of aryl methyl sites for hydroxylation is 1. The van der Waals surface area contributed by atoms with E-state index in [1.165, 1.54) is 19.3 Å². The number of nitrogens with one attached hydrogen (secondary N) is 2. The number of hydrogen-bond acceptors (Lipinski definition) is 3.